The summed E-state index contributed by atoms with van der Waals surface area (Å²) in [6.45, 7) is 6.61. The Labute approximate surface area is 207 Å². The quantitative estimate of drug-likeness (QED) is 0.377. The van der Waals surface area contributed by atoms with Crippen LogP contribution in [-0.4, -0.2) is 42.8 Å². The van der Waals surface area contributed by atoms with Gasteiger partial charge in [-0.05, 0) is 93.1 Å². The van der Waals surface area contributed by atoms with E-state index in [0.717, 1.165) is 38.8 Å². The predicted octanol–water partition coefficient (Wildman–Crippen LogP) is 7.14. The largest absolute Gasteiger partial charge is 0.309 e. The smallest absolute Gasteiger partial charge is 0.0804 e. The summed E-state index contributed by atoms with van der Waals surface area (Å²) in [5, 5.41) is 7.73. The molecule has 0 amide bonds. The van der Waals surface area contributed by atoms with E-state index in [4.69, 9.17) is 5.10 Å². The van der Waals surface area contributed by atoms with Gasteiger partial charge in [0.05, 0.1) is 11.8 Å². The van der Waals surface area contributed by atoms with Gasteiger partial charge >= 0.3 is 0 Å². The second kappa shape index (κ2) is 11.8. The van der Waals surface area contributed by atoms with Crippen molar-refractivity contribution in [3.63, 3.8) is 0 Å². The maximum Gasteiger partial charge on any atom is 0.0804 e. The van der Waals surface area contributed by atoms with E-state index in [0.29, 0.717) is 12.0 Å². The molecular formula is C31H43N3. The average molecular weight is 458 g/mol. The molecule has 0 aromatic heterocycles. The van der Waals surface area contributed by atoms with E-state index < -0.39 is 0 Å². The number of hydrazone groups is 1. The van der Waals surface area contributed by atoms with Crippen LogP contribution in [0.3, 0.4) is 0 Å². The lowest BCUT2D eigenvalue weighted by atomic mass is 9.77. The van der Waals surface area contributed by atoms with Crippen molar-refractivity contribution in [3.05, 3.63) is 76.4 Å². The lowest BCUT2D eigenvalue weighted by Gasteiger charge is -2.31. The summed E-state index contributed by atoms with van der Waals surface area (Å²) >= 11 is 0. The maximum atomic E-state index is 5.31. The van der Waals surface area contributed by atoms with Crippen LogP contribution in [0.4, 0.5) is 0 Å². The summed E-state index contributed by atoms with van der Waals surface area (Å²) in [6, 6.07) is 18.9. The third-order valence-electron chi connectivity index (χ3n) is 7.29. The minimum absolute atomic E-state index is 0.364. The number of fused-ring (bicyclic) bond motifs is 1. The highest BCUT2D eigenvalue weighted by Gasteiger charge is 2.40. The molecule has 1 aliphatic heterocycles. The molecule has 0 spiro atoms. The maximum absolute atomic E-state index is 5.31. The van der Waals surface area contributed by atoms with Gasteiger partial charge in [-0.25, -0.2) is 0 Å². The molecule has 1 aliphatic carbocycles. The molecule has 0 N–H and O–H groups in total. The zero-order chi connectivity index (χ0) is 23.9. The fourth-order valence-corrected chi connectivity index (χ4v) is 5.60. The fourth-order valence-electron chi connectivity index (χ4n) is 5.60. The molecule has 1 fully saturated rings. The summed E-state index contributed by atoms with van der Waals surface area (Å²) in [6.07, 6.45) is 11.9. The summed E-state index contributed by atoms with van der Waals surface area (Å²) < 4.78 is 0. The molecule has 0 saturated heterocycles. The molecular weight excluding hydrogens is 414 g/mol. The van der Waals surface area contributed by atoms with E-state index in [1.54, 1.807) is 0 Å². The molecule has 1 saturated carbocycles. The van der Waals surface area contributed by atoms with E-state index in [9.17, 15) is 0 Å². The van der Waals surface area contributed by atoms with Crippen LogP contribution in [0.5, 0.6) is 0 Å². The number of hydrogen-bond acceptors (Lipinski definition) is 3. The van der Waals surface area contributed by atoms with E-state index in [1.807, 2.05) is 0 Å². The predicted molar refractivity (Wildman–Crippen MR) is 146 cm³/mol. The van der Waals surface area contributed by atoms with E-state index >= 15 is 0 Å². The minimum atomic E-state index is 0.364. The highest BCUT2D eigenvalue weighted by molar-refractivity contribution is 6.07. The Balaban J connectivity index is 1.60. The molecule has 3 heteroatoms. The number of allylic oxidation sites excluding steroid dienone is 1. The van der Waals surface area contributed by atoms with Crippen LogP contribution >= 0.6 is 0 Å². The van der Waals surface area contributed by atoms with Gasteiger partial charge in [0.1, 0.15) is 0 Å². The normalized spacial score (nSPS) is 21.3. The first-order valence-electron chi connectivity index (χ1n) is 13.5. The van der Waals surface area contributed by atoms with Gasteiger partial charge in [-0.1, -0.05) is 75.2 Å². The second-order valence-electron chi connectivity index (χ2n) is 10.4. The first-order valence-corrected chi connectivity index (χ1v) is 13.5. The minimum Gasteiger partial charge on any atom is -0.309 e. The van der Waals surface area contributed by atoms with Crippen molar-refractivity contribution in [1.82, 2.24) is 9.91 Å². The average Bonchev–Trinajstić information content (AvgIpc) is 3.20. The van der Waals surface area contributed by atoms with E-state index in [2.05, 4.69) is 92.5 Å². The second-order valence-corrected chi connectivity index (χ2v) is 10.4. The fraction of sp³-hybridized carbons (Fsp3) is 0.516. The van der Waals surface area contributed by atoms with Gasteiger partial charge in [0.2, 0.25) is 0 Å². The Morgan fingerprint density at radius 2 is 1.59 bits per heavy atom. The molecule has 0 radical (unpaired) electrons. The van der Waals surface area contributed by atoms with Gasteiger partial charge in [0.15, 0.2) is 0 Å². The molecule has 2 aromatic carbocycles. The summed E-state index contributed by atoms with van der Waals surface area (Å²) in [7, 11) is 4.32. The first kappa shape index (κ1) is 24.7. The molecule has 34 heavy (non-hydrogen) atoms. The Hall–Kier alpha value is -2.39. The molecule has 1 heterocycles. The van der Waals surface area contributed by atoms with Crippen molar-refractivity contribution >= 4 is 11.8 Å². The van der Waals surface area contributed by atoms with Crippen LogP contribution in [0.2, 0.25) is 0 Å². The van der Waals surface area contributed by atoms with Crippen molar-refractivity contribution < 1.29 is 0 Å². The van der Waals surface area contributed by atoms with Gasteiger partial charge in [0.25, 0.3) is 0 Å². The van der Waals surface area contributed by atoms with Crippen molar-refractivity contribution in [2.45, 2.75) is 71.3 Å². The number of hydrogen-bond donors (Lipinski definition) is 0. The van der Waals surface area contributed by atoms with Gasteiger partial charge in [0, 0.05) is 12.5 Å². The topological polar surface area (TPSA) is 18.8 Å². The van der Waals surface area contributed by atoms with Gasteiger partial charge in [-0.3, -0.25) is 5.01 Å². The van der Waals surface area contributed by atoms with Crippen molar-refractivity contribution in [2.75, 3.05) is 27.2 Å². The van der Waals surface area contributed by atoms with Crippen LogP contribution in [0.1, 0.15) is 80.7 Å². The summed E-state index contributed by atoms with van der Waals surface area (Å²) in [5.41, 5.74) is 8.41. The van der Waals surface area contributed by atoms with E-state index in [-0.39, 0.29) is 0 Å². The molecule has 2 aliphatic rings. The van der Waals surface area contributed by atoms with Crippen LogP contribution in [0, 0.1) is 5.92 Å². The zero-order valence-electron chi connectivity index (χ0n) is 21.8. The van der Waals surface area contributed by atoms with Gasteiger partial charge in [-0.2, -0.15) is 5.10 Å². The van der Waals surface area contributed by atoms with E-state index in [1.165, 1.54) is 59.2 Å². The van der Waals surface area contributed by atoms with Crippen LogP contribution in [0.25, 0.3) is 6.08 Å². The number of benzene rings is 2. The third kappa shape index (κ3) is 5.99. The standard InChI is InChI=1S/C31H43N3/c1-5-9-24-13-15-26(16-14-24)23-28-11-7-12-29-30(28)32-34(22-8-21-33(3)4)31(29)27-19-17-25(10-6-2)18-20-27/h13-20,23,29,31H,5-12,21-22H2,1-4H3/b28-23+. The monoisotopic (exact) mass is 457 g/mol. The van der Waals surface area contributed by atoms with Crippen molar-refractivity contribution in [1.29, 1.82) is 0 Å². The number of aryl methyl sites for hydroxylation is 2. The highest BCUT2D eigenvalue weighted by Crippen LogP contribution is 2.44. The molecule has 2 atom stereocenters. The Morgan fingerprint density at radius 3 is 2.21 bits per heavy atom. The summed E-state index contributed by atoms with van der Waals surface area (Å²) in [4.78, 5) is 2.28. The Morgan fingerprint density at radius 1 is 0.941 bits per heavy atom. The SMILES string of the molecule is CCCc1ccc(/C=C2\CCCC3C2=NN(CCCN(C)C)C3c2ccc(CCC)cc2)cc1. The van der Waals surface area contributed by atoms with Crippen molar-refractivity contribution in [2.24, 2.45) is 11.0 Å². The third-order valence-corrected chi connectivity index (χ3v) is 7.29. The van der Waals surface area contributed by atoms with Crippen LogP contribution in [0.15, 0.2) is 59.2 Å². The van der Waals surface area contributed by atoms with Crippen LogP contribution in [-0.2, 0) is 12.8 Å². The molecule has 0 bridgehead atoms. The van der Waals surface area contributed by atoms with Gasteiger partial charge in [-0.15, -0.1) is 0 Å². The Kier molecular flexibility index (Phi) is 8.61. The lowest BCUT2D eigenvalue weighted by Crippen LogP contribution is -2.29. The number of nitrogens with zero attached hydrogens (tertiary/aromatic N) is 3. The molecule has 2 aromatic rings. The molecule has 4 rings (SSSR count). The first-order chi connectivity index (χ1) is 16.6. The lowest BCUT2D eigenvalue weighted by molar-refractivity contribution is 0.187. The van der Waals surface area contributed by atoms with Gasteiger partial charge < -0.3 is 4.90 Å². The molecule has 3 nitrogen and oxygen atoms in total. The van der Waals surface area contributed by atoms with Crippen molar-refractivity contribution in [3.8, 4) is 0 Å². The highest BCUT2D eigenvalue weighted by atomic mass is 15.5. The zero-order valence-corrected chi connectivity index (χ0v) is 21.8. The number of rotatable bonds is 10. The summed E-state index contributed by atoms with van der Waals surface area (Å²) in [5.74, 6) is 0.496. The van der Waals surface area contributed by atoms with Crippen LogP contribution < -0.4 is 0 Å². The molecule has 182 valence electrons. The Bertz CT molecular complexity index is 969. The molecule has 2 unspecified atom stereocenters.